The number of para-hydroxylation sites is 3. The van der Waals surface area contributed by atoms with Crippen molar-refractivity contribution in [2.75, 3.05) is 33.3 Å². The fourth-order valence-electron chi connectivity index (χ4n) is 4.89. The molecule has 0 aliphatic carbocycles. The summed E-state index contributed by atoms with van der Waals surface area (Å²) in [5, 5.41) is 0. The first kappa shape index (κ1) is 22.6. The average Bonchev–Trinajstić information content (AvgIpc) is 3.20. The molecule has 0 atom stereocenters. The van der Waals surface area contributed by atoms with Gasteiger partial charge < -0.3 is 9.30 Å². The van der Waals surface area contributed by atoms with Gasteiger partial charge in [0.25, 0.3) is 0 Å². The van der Waals surface area contributed by atoms with Crippen molar-refractivity contribution >= 4 is 11.0 Å². The van der Waals surface area contributed by atoms with Gasteiger partial charge in [-0.3, -0.25) is 9.80 Å². The number of aromatic nitrogens is 2. The molecule has 176 valence electrons. The van der Waals surface area contributed by atoms with E-state index in [1.807, 2.05) is 12.1 Å². The van der Waals surface area contributed by atoms with Gasteiger partial charge in [-0.05, 0) is 48.7 Å². The van der Waals surface area contributed by atoms with E-state index >= 15 is 0 Å². The molecule has 5 heteroatoms. The number of nitrogens with zero attached hydrogens (tertiary/aromatic N) is 4. The van der Waals surface area contributed by atoms with Crippen molar-refractivity contribution in [2.24, 2.45) is 0 Å². The molecule has 1 aliphatic heterocycles. The summed E-state index contributed by atoms with van der Waals surface area (Å²) in [6, 6.07) is 23.6. The lowest BCUT2D eigenvalue weighted by Gasteiger charge is -2.34. The van der Waals surface area contributed by atoms with E-state index in [0.29, 0.717) is 0 Å². The van der Waals surface area contributed by atoms with Gasteiger partial charge >= 0.3 is 0 Å². The second-order valence-corrected chi connectivity index (χ2v) is 9.39. The highest BCUT2D eigenvalue weighted by atomic mass is 16.5. The Balaban J connectivity index is 1.29. The number of aryl methyl sites for hydroxylation is 2. The monoisotopic (exact) mass is 454 g/mol. The molecule has 0 saturated carbocycles. The minimum absolute atomic E-state index is 0.757. The summed E-state index contributed by atoms with van der Waals surface area (Å²) in [6.45, 7) is 11.3. The fraction of sp³-hybridized carbons (Fsp3) is 0.345. The Morgan fingerprint density at radius 3 is 2.24 bits per heavy atom. The summed E-state index contributed by atoms with van der Waals surface area (Å²) in [5.74, 6) is 2.04. The maximum Gasteiger partial charge on any atom is 0.124 e. The molecule has 1 aromatic heterocycles. The Hall–Kier alpha value is -3.15. The zero-order valence-corrected chi connectivity index (χ0v) is 20.5. The molecule has 0 spiro atoms. The second-order valence-electron chi connectivity index (χ2n) is 9.39. The van der Waals surface area contributed by atoms with Crippen LogP contribution >= 0.6 is 0 Å². The Bertz CT molecular complexity index is 1270. The first-order valence-electron chi connectivity index (χ1n) is 12.2. The van der Waals surface area contributed by atoms with Crippen molar-refractivity contribution in [2.45, 2.75) is 33.5 Å². The Labute approximate surface area is 202 Å². The fourth-order valence-corrected chi connectivity index (χ4v) is 4.89. The van der Waals surface area contributed by atoms with E-state index in [1.165, 1.54) is 27.8 Å². The van der Waals surface area contributed by atoms with E-state index < -0.39 is 0 Å². The molecule has 0 bridgehead atoms. The van der Waals surface area contributed by atoms with Crippen LogP contribution in [0.3, 0.4) is 0 Å². The van der Waals surface area contributed by atoms with E-state index in [2.05, 4.69) is 82.8 Å². The van der Waals surface area contributed by atoms with Gasteiger partial charge in [0, 0.05) is 38.3 Å². The summed E-state index contributed by atoms with van der Waals surface area (Å²) < 4.78 is 7.98. The van der Waals surface area contributed by atoms with Crippen molar-refractivity contribution in [1.29, 1.82) is 0 Å². The van der Waals surface area contributed by atoms with Crippen LogP contribution in [0.15, 0.2) is 66.7 Å². The van der Waals surface area contributed by atoms with Crippen LogP contribution in [-0.2, 0) is 19.6 Å². The van der Waals surface area contributed by atoms with Crippen LogP contribution in [0.4, 0.5) is 0 Å². The van der Waals surface area contributed by atoms with E-state index in [4.69, 9.17) is 9.72 Å². The Kier molecular flexibility index (Phi) is 6.66. The number of ether oxygens (including phenoxy) is 1. The van der Waals surface area contributed by atoms with Crippen LogP contribution in [-0.4, -0.2) is 52.6 Å². The number of hydrogen-bond acceptors (Lipinski definition) is 4. The zero-order chi connectivity index (χ0) is 23.5. The Morgan fingerprint density at radius 2 is 1.47 bits per heavy atom. The summed E-state index contributed by atoms with van der Waals surface area (Å²) in [6.07, 6.45) is 0. The van der Waals surface area contributed by atoms with Crippen LogP contribution < -0.4 is 4.74 Å². The van der Waals surface area contributed by atoms with Crippen molar-refractivity contribution in [3.05, 3.63) is 94.8 Å². The van der Waals surface area contributed by atoms with Crippen molar-refractivity contribution in [1.82, 2.24) is 19.4 Å². The lowest BCUT2D eigenvalue weighted by Crippen LogP contribution is -2.45. The second kappa shape index (κ2) is 10.00. The molecule has 4 aromatic rings. The number of benzene rings is 3. The van der Waals surface area contributed by atoms with Gasteiger partial charge in [0.2, 0.25) is 0 Å². The van der Waals surface area contributed by atoms with Gasteiger partial charge in [-0.15, -0.1) is 0 Å². The molecular formula is C29H34N4O. The molecule has 0 amide bonds. The van der Waals surface area contributed by atoms with Crippen LogP contribution in [0.1, 0.15) is 28.1 Å². The van der Waals surface area contributed by atoms with Crippen LogP contribution in [0.2, 0.25) is 0 Å². The maximum atomic E-state index is 5.62. The average molecular weight is 455 g/mol. The van der Waals surface area contributed by atoms with Gasteiger partial charge in [0.1, 0.15) is 11.6 Å². The minimum Gasteiger partial charge on any atom is -0.496 e. The van der Waals surface area contributed by atoms with Gasteiger partial charge in [0.15, 0.2) is 0 Å². The lowest BCUT2D eigenvalue weighted by atomic mass is 10.1. The maximum absolute atomic E-state index is 5.62. The molecule has 3 aromatic carbocycles. The van der Waals surface area contributed by atoms with Crippen LogP contribution in [0.5, 0.6) is 5.75 Å². The molecule has 2 heterocycles. The van der Waals surface area contributed by atoms with Gasteiger partial charge in [-0.2, -0.15) is 0 Å². The molecule has 1 saturated heterocycles. The molecule has 34 heavy (non-hydrogen) atoms. The molecule has 0 N–H and O–H groups in total. The van der Waals surface area contributed by atoms with Crippen LogP contribution in [0, 0.1) is 13.8 Å². The highest BCUT2D eigenvalue weighted by Gasteiger charge is 2.20. The van der Waals surface area contributed by atoms with Crippen molar-refractivity contribution in [3.63, 3.8) is 0 Å². The third-order valence-corrected chi connectivity index (χ3v) is 7.06. The SMILES string of the molecule is COc1ccccc1Cn1c(CN2CCN(Cc3ccc(C)c(C)c3)CC2)nc2ccccc21. The van der Waals surface area contributed by atoms with Gasteiger partial charge in [-0.1, -0.05) is 48.5 Å². The topological polar surface area (TPSA) is 33.5 Å². The summed E-state index contributed by atoms with van der Waals surface area (Å²) in [5.41, 5.74) is 7.56. The summed E-state index contributed by atoms with van der Waals surface area (Å²) >= 11 is 0. The van der Waals surface area contributed by atoms with Crippen molar-refractivity contribution < 1.29 is 4.74 Å². The predicted octanol–water partition coefficient (Wildman–Crippen LogP) is 5.03. The number of piperazine rings is 1. The number of rotatable bonds is 7. The molecule has 0 radical (unpaired) electrons. The van der Waals surface area contributed by atoms with E-state index in [1.54, 1.807) is 7.11 Å². The van der Waals surface area contributed by atoms with Gasteiger partial charge in [0.05, 0.1) is 31.2 Å². The molecule has 0 unspecified atom stereocenters. The summed E-state index contributed by atoms with van der Waals surface area (Å²) in [7, 11) is 1.74. The van der Waals surface area contributed by atoms with E-state index in [9.17, 15) is 0 Å². The van der Waals surface area contributed by atoms with Crippen LogP contribution in [0.25, 0.3) is 11.0 Å². The summed E-state index contributed by atoms with van der Waals surface area (Å²) in [4.78, 5) is 10.1. The largest absolute Gasteiger partial charge is 0.496 e. The minimum atomic E-state index is 0.757. The molecule has 1 fully saturated rings. The number of hydrogen-bond donors (Lipinski definition) is 0. The molecule has 1 aliphatic rings. The molecule has 5 nitrogen and oxygen atoms in total. The number of fused-ring (bicyclic) bond motifs is 1. The molecule has 5 rings (SSSR count). The first-order chi connectivity index (χ1) is 16.6. The highest BCUT2D eigenvalue weighted by molar-refractivity contribution is 5.76. The van der Waals surface area contributed by atoms with Gasteiger partial charge in [-0.25, -0.2) is 4.98 Å². The number of imidazole rings is 1. The predicted molar refractivity (Wildman–Crippen MR) is 138 cm³/mol. The van der Waals surface area contributed by atoms with E-state index in [0.717, 1.165) is 62.9 Å². The normalized spacial score (nSPS) is 15.1. The quantitative estimate of drug-likeness (QED) is 0.392. The third-order valence-electron chi connectivity index (χ3n) is 7.06. The Morgan fingerprint density at radius 1 is 0.765 bits per heavy atom. The standard InChI is InChI=1S/C29H34N4O/c1-22-12-13-24(18-23(22)2)19-31-14-16-32(17-15-31)21-29-30-26-9-5-6-10-27(26)33(29)20-25-8-4-7-11-28(25)34-3/h4-13,18H,14-17,19-21H2,1-3H3. The zero-order valence-electron chi connectivity index (χ0n) is 20.5. The smallest absolute Gasteiger partial charge is 0.124 e. The number of methoxy groups -OCH3 is 1. The highest BCUT2D eigenvalue weighted by Crippen LogP contribution is 2.24. The van der Waals surface area contributed by atoms with E-state index in [-0.39, 0.29) is 0 Å². The molecular weight excluding hydrogens is 420 g/mol. The third kappa shape index (κ3) is 4.86. The van der Waals surface area contributed by atoms with Crippen molar-refractivity contribution in [3.8, 4) is 5.75 Å². The lowest BCUT2D eigenvalue weighted by molar-refractivity contribution is 0.119. The first-order valence-corrected chi connectivity index (χ1v) is 12.2.